The summed E-state index contributed by atoms with van der Waals surface area (Å²) in [7, 11) is 0. The number of rotatable bonds is 3. The monoisotopic (exact) mass is 320 g/mol. The Morgan fingerprint density at radius 3 is 2.94 bits per heavy atom. The van der Waals surface area contributed by atoms with Crippen LogP contribution in [-0.2, 0) is 6.54 Å². The third-order valence-corrected chi connectivity index (χ3v) is 4.28. The van der Waals surface area contributed by atoms with E-state index >= 15 is 0 Å². The molecule has 0 bridgehead atoms. The molecule has 2 rings (SSSR count). The van der Waals surface area contributed by atoms with Gasteiger partial charge in [0.25, 0.3) is 5.91 Å². The standard InChI is InChI=1S/C13H9BrN2OS/c14-11-4-5-18-12(11)8-16-13(17)10-3-1-2-9(6-10)7-15/h1-6H,8H2,(H,16,17). The highest BCUT2D eigenvalue weighted by Crippen LogP contribution is 2.22. The summed E-state index contributed by atoms with van der Waals surface area (Å²) in [5.74, 6) is -0.174. The Morgan fingerprint density at radius 1 is 1.44 bits per heavy atom. The van der Waals surface area contributed by atoms with Gasteiger partial charge in [-0.3, -0.25) is 4.79 Å². The van der Waals surface area contributed by atoms with Gasteiger partial charge in [0, 0.05) is 14.9 Å². The maximum atomic E-state index is 11.9. The molecule has 1 aromatic heterocycles. The number of nitrogens with one attached hydrogen (secondary N) is 1. The maximum absolute atomic E-state index is 11.9. The largest absolute Gasteiger partial charge is 0.347 e. The number of nitrogens with zero attached hydrogens (tertiary/aromatic N) is 1. The second kappa shape index (κ2) is 5.80. The molecule has 0 unspecified atom stereocenters. The highest BCUT2D eigenvalue weighted by molar-refractivity contribution is 9.10. The average Bonchev–Trinajstić information content (AvgIpc) is 2.81. The Kier molecular flexibility index (Phi) is 4.13. The van der Waals surface area contributed by atoms with Crippen molar-refractivity contribution in [1.82, 2.24) is 5.32 Å². The van der Waals surface area contributed by atoms with Crippen molar-refractivity contribution in [2.45, 2.75) is 6.54 Å². The van der Waals surface area contributed by atoms with Crippen molar-refractivity contribution < 1.29 is 4.79 Å². The molecule has 0 aliphatic heterocycles. The lowest BCUT2D eigenvalue weighted by Gasteiger charge is -2.04. The van der Waals surface area contributed by atoms with E-state index in [1.165, 1.54) is 0 Å². The van der Waals surface area contributed by atoms with E-state index in [4.69, 9.17) is 5.26 Å². The number of hydrogen-bond donors (Lipinski definition) is 1. The molecule has 0 saturated heterocycles. The molecule has 2 aromatic rings. The molecular formula is C13H9BrN2OS. The minimum Gasteiger partial charge on any atom is -0.347 e. The average molecular weight is 321 g/mol. The molecule has 3 nitrogen and oxygen atoms in total. The first-order chi connectivity index (χ1) is 8.70. The van der Waals surface area contributed by atoms with Crippen molar-refractivity contribution in [3.8, 4) is 6.07 Å². The number of benzene rings is 1. The number of amides is 1. The zero-order chi connectivity index (χ0) is 13.0. The normalized spacial score (nSPS) is 9.78. The van der Waals surface area contributed by atoms with Crippen LogP contribution in [0.4, 0.5) is 0 Å². The first kappa shape index (κ1) is 12.8. The summed E-state index contributed by atoms with van der Waals surface area (Å²) >= 11 is 4.99. The van der Waals surface area contributed by atoms with Gasteiger partial charge in [-0.2, -0.15) is 5.26 Å². The second-order valence-corrected chi connectivity index (χ2v) is 5.42. The molecule has 0 fully saturated rings. The second-order valence-electron chi connectivity index (χ2n) is 3.57. The molecule has 0 saturated carbocycles. The first-order valence-electron chi connectivity index (χ1n) is 5.21. The van der Waals surface area contributed by atoms with Crippen LogP contribution < -0.4 is 5.32 Å². The van der Waals surface area contributed by atoms with E-state index in [0.29, 0.717) is 17.7 Å². The van der Waals surface area contributed by atoms with Crippen LogP contribution in [0.5, 0.6) is 0 Å². The smallest absolute Gasteiger partial charge is 0.251 e. The predicted octanol–water partition coefficient (Wildman–Crippen LogP) is 3.31. The van der Waals surface area contributed by atoms with Gasteiger partial charge in [-0.1, -0.05) is 6.07 Å². The molecule has 5 heteroatoms. The van der Waals surface area contributed by atoms with Gasteiger partial charge < -0.3 is 5.32 Å². The molecule has 1 aromatic carbocycles. The number of carbonyl (C=O) groups excluding carboxylic acids is 1. The van der Waals surface area contributed by atoms with Crippen LogP contribution >= 0.6 is 27.3 Å². The first-order valence-corrected chi connectivity index (χ1v) is 6.88. The summed E-state index contributed by atoms with van der Waals surface area (Å²) in [6, 6.07) is 10.6. The third kappa shape index (κ3) is 2.97. The Balaban J connectivity index is 2.04. The topological polar surface area (TPSA) is 52.9 Å². The van der Waals surface area contributed by atoms with Gasteiger partial charge in [0.2, 0.25) is 0 Å². The van der Waals surface area contributed by atoms with Crippen LogP contribution in [0.25, 0.3) is 0 Å². The minimum atomic E-state index is -0.174. The zero-order valence-electron chi connectivity index (χ0n) is 9.31. The highest BCUT2D eigenvalue weighted by atomic mass is 79.9. The van der Waals surface area contributed by atoms with E-state index < -0.39 is 0 Å². The van der Waals surface area contributed by atoms with Gasteiger partial charge in [-0.05, 0) is 45.6 Å². The predicted molar refractivity (Wildman–Crippen MR) is 74.3 cm³/mol. The minimum absolute atomic E-state index is 0.174. The SMILES string of the molecule is N#Cc1cccc(C(=O)NCc2sccc2Br)c1. The molecule has 0 spiro atoms. The molecule has 18 heavy (non-hydrogen) atoms. The van der Waals surface area contributed by atoms with E-state index in [0.717, 1.165) is 9.35 Å². The Bertz CT molecular complexity index is 615. The van der Waals surface area contributed by atoms with Gasteiger partial charge in [0.1, 0.15) is 0 Å². The Morgan fingerprint density at radius 2 is 2.28 bits per heavy atom. The van der Waals surface area contributed by atoms with E-state index in [1.807, 2.05) is 17.5 Å². The van der Waals surface area contributed by atoms with E-state index in [2.05, 4.69) is 21.2 Å². The fourth-order valence-corrected chi connectivity index (χ4v) is 2.88. The lowest BCUT2D eigenvalue weighted by molar-refractivity contribution is 0.0951. The third-order valence-electron chi connectivity index (χ3n) is 2.35. The van der Waals surface area contributed by atoms with Crippen molar-refractivity contribution in [3.05, 3.63) is 56.2 Å². The Hall–Kier alpha value is -1.64. The van der Waals surface area contributed by atoms with Gasteiger partial charge in [0.05, 0.1) is 18.2 Å². The quantitative estimate of drug-likeness (QED) is 0.943. The summed E-state index contributed by atoms with van der Waals surface area (Å²) < 4.78 is 0.999. The lowest BCUT2D eigenvalue weighted by Crippen LogP contribution is -2.22. The van der Waals surface area contributed by atoms with Crippen molar-refractivity contribution in [1.29, 1.82) is 5.26 Å². The van der Waals surface area contributed by atoms with Crippen LogP contribution in [0.2, 0.25) is 0 Å². The maximum Gasteiger partial charge on any atom is 0.251 e. The molecule has 0 aliphatic carbocycles. The summed E-state index contributed by atoms with van der Waals surface area (Å²) in [5, 5.41) is 13.6. The van der Waals surface area contributed by atoms with E-state index in [9.17, 15) is 4.79 Å². The van der Waals surface area contributed by atoms with Gasteiger partial charge in [-0.15, -0.1) is 11.3 Å². The molecule has 1 amide bonds. The van der Waals surface area contributed by atoms with Crippen molar-refractivity contribution >= 4 is 33.2 Å². The molecule has 0 atom stereocenters. The number of hydrogen-bond acceptors (Lipinski definition) is 3. The van der Waals surface area contributed by atoms with Crippen LogP contribution in [0.15, 0.2) is 40.2 Å². The lowest BCUT2D eigenvalue weighted by atomic mass is 10.1. The number of carbonyl (C=O) groups is 1. The van der Waals surface area contributed by atoms with Crippen LogP contribution in [-0.4, -0.2) is 5.91 Å². The van der Waals surface area contributed by atoms with Crippen LogP contribution in [0.3, 0.4) is 0 Å². The molecule has 90 valence electrons. The number of nitriles is 1. The van der Waals surface area contributed by atoms with E-state index in [-0.39, 0.29) is 5.91 Å². The zero-order valence-corrected chi connectivity index (χ0v) is 11.7. The van der Waals surface area contributed by atoms with Crippen molar-refractivity contribution in [2.24, 2.45) is 0 Å². The summed E-state index contributed by atoms with van der Waals surface area (Å²) in [4.78, 5) is 13.0. The molecule has 1 heterocycles. The fraction of sp³-hybridized carbons (Fsp3) is 0.0769. The van der Waals surface area contributed by atoms with Gasteiger partial charge >= 0.3 is 0 Å². The van der Waals surface area contributed by atoms with Gasteiger partial charge in [-0.25, -0.2) is 0 Å². The molecule has 1 N–H and O–H groups in total. The van der Waals surface area contributed by atoms with Crippen molar-refractivity contribution in [2.75, 3.05) is 0 Å². The summed E-state index contributed by atoms with van der Waals surface area (Å²) in [6.07, 6.45) is 0. The number of halogens is 1. The van der Waals surface area contributed by atoms with Crippen molar-refractivity contribution in [3.63, 3.8) is 0 Å². The fourth-order valence-electron chi connectivity index (χ4n) is 1.44. The van der Waals surface area contributed by atoms with Gasteiger partial charge in [0.15, 0.2) is 0 Å². The van der Waals surface area contributed by atoms with Crippen LogP contribution in [0.1, 0.15) is 20.8 Å². The Labute approximate surface area is 117 Å². The number of thiophene rings is 1. The van der Waals surface area contributed by atoms with E-state index in [1.54, 1.807) is 35.6 Å². The van der Waals surface area contributed by atoms with Crippen LogP contribution in [0, 0.1) is 11.3 Å². The summed E-state index contributed by atoms with van der Waals surface area (Å²) in [5.41, 5.74) is 0.988. The highest BCUT2D eigenvalue weighted by Gasteiger charge is 2.07. The summed E-state index contributed by atoms with van der Waals surface area (Å²) in [6.45, 7) is 0.480. The molecule has 0 aliphatic rings. The molecule has 0 radical (unpaired) electrons. The molecular weight excluding hydrogens is 312 g/mol.